The van der Waals surface area contributed by atoms with E-state index in [9.17, 15) is 9.67 Å². The zero-order chi connectivity index (χ0) is 15.2. The second-order valence-electron chi connectivity index (χ2n) is 5.03. The van der Waals surface area contributed by atoms with E-state index in [0.717, 1.165) is 5.56 Å². The highest BCUT2D eigenvalue weighted by Crippen LogP contribution is 2.54. The Morgan fingerprint density at radius 2 is 1.55 bits per heavy atom. The highest BCUT2D eigenvalue weighted by molar-refractivity contribution is 7.54. The minimum atomic E-state index is -3.59. The second kappa shape index (κ2) is 7.75. The molecule has 0 amide bonds. The van der Waals surface area contributed by atoms with Crippen molar-refractivity contribution >= 4 is 13.7 Å². The van der Waals surface area contributed by atoms with Crippen molar-refractivity contribution < 1.29 is 18.7 Å². The number of benzene rings is 1. The van der Waals surface area contributed by atoms with Crippen LogP contribution in [0.4, 0.5) is 0 Å². The second-order valence-corrected chi connectivity index (χ2v) is 7.06. The first-order valence-electron chi connectivity index (χ1n) is 6.71. The summed E-state index contributed by atoms with van der Waals surface area (Å²) in [4.78, 5) is 0. The first-order valence-corrected chi connectivity index (χ1v) is 8.32. The Balaban J connectivity index is 2.85. The maximum absolute atomic E-state index is 12.6. The van der Waals surface area contributed by atoms with Crippen LogP contribution in [0.15, 0.2) is 36.4 Å². The Bertz CT molecular complexity index is 454. The average molecular weight is 298 g/mol. The predicted octanol–water partition coefficient (Wildman–Crippen LogP) is 4.06. The predicted molar refractivity (Wildman–Crippen MR) is 81.5 cm³/mol. The molecule has 5 heteroatoms. The van der Waals surface area contributed by atoms with E-state index in [4.69, 9.17) is 9.05 Å². The van der Waals surface area contributed by atoms with Crippen LogP contribution in [0.2, 0.25) is 0 Å². The van der Waals surface area contributed by atoms with Gasteiger partial charge < -0.3 is 14.2 Å². The summed E-state index contributed by atoms with van der Waals surface area (Å²) >= 11 is 0. The third-order valence-electron chi connectivity index (χ3n) is 2.30. The fourth-order valence-electron chi connectivity index (χ4n) is 1.60. The molecule has 0 aliphatic carbocycles. The van der Waals surface area contributed by atoms with Crippen molar-refractivity contribution in [3.63, 3.8) is 0 Å². The van der Waals surface area contributed by atoms with Gasteiger partial charge in [0, 0.05) is 0 Å². The molecular weight excluding hydrogens is 275 g/mol. The molecule has 1 aromatic rings. The Morgan fingerprint density at radius 1 is 1.05 bits per heavy atom. The lowest BCUT2D eigenvalue weighted by Gasteiger charge is -2.25. The molecule has 0 saturated heterocycles. The lowest BCUT2D eigenvalue weighted by Crippen LogP contribution is -2.16. The Kier molecular flexibility index (Phi) is 6.63. The van der Waals surface area contributed by atoms with Gasteiger partial charge in [0.25, 0.3) is 0 Å². The van der Waals surface area contributed by atoms with Gasteiger partial charge in [0.05, 0.1) is 12.2 Å². The third-order valence-corrected chi connectivity index (χ3v) is 4.55. The van der Waals surface area contributed by atoms with Gasteiger partial charge in [-0.05, 0) is 39.3 Å². The summed E-state index contributed by atoms with van der Waals surface area (Å²) in [5, 5.41) is 10.1. The van der Waals surface area contributed by atoms with E-state index in [2.05, 4.69) is 0 Å². The monoisotopic (exact) mass is 298 g/mol. The highest BCUT2D eigenvalue weighted by atomic mass is 31.2. The van der Waals surface area contributed by atoms with Gasteiger partial charge in [0.15, 0.2) is 5.85 Å². The fraction of sp³-hybridized carbons (Fsp3) is 0.467. The smallest absolute Gasteiger partial charge is 0.363 e. The number of aliphatic hydroxyl groups is 1. The molecule has 0 heterocycles. The maximum Gasteiger partial charge on any atom is 0.363 e. The van der Waals surface area contributed by atoms with Crippen molar-refractivity contribution in [3.8, 4) is 0 Å². The van der Waals surface area contributed by atoms with Crippen molar-refractivity contribution in [2.45, 2.75) is 45.7 Å². The van der Waals surface area contributed by atoms with E-state index < -0.39 is 13.4 Å². The van der Waals surface area contributed by atoms with Crippen LogP contribution in [0.5, 0.6) is 0 Å². The molecule has 1 rings (SSSR count). The van der Waals surface area contributed by atoms with Crippen LogP contribution in [0, 0.1) is 0 Å². The van der Waals surface area contributed by atoms with Crippen molar-refractivity contribution in [2.75, 3.05) is 0 Å². The van der Waals surface area contributed by atoms with Gasteiger partial charge in [-0.2, -0.15) is 0 Å². The normalized spacial score (nSPS) is 14.3. The first kappa shape index (κ1) is 17.1. The summed E-state index contributed by atoms with van der Waals surface area (Å²) in [6.45, 7) is 7.02. The summed E-state index contributed by atoms with van der Waals surface area (Å²) in [6, 6.07) is 9.46. The summed E-state index contributed by atoms with van der Waals surface area (Å²) in [7, 11) is -3.59. The largest absolute Gasteiger partial charge is 0.377 e. The summed E-state index contributed by atoms with van der Waals surface area (Å²) in [5.41, 5.74) is 0.909. The zero-order valence-corrected chi connectivity index (χ0v) is 13.3. The van der Waals surface area contributed by atoms with Gasteiger partial charge in [-0.25, -0.2) is 0 Å². The molecule has 0 fully saturated rings. The van der Waals surface area contributed by atoms with Crippen molar-refractivity contribution in [1.82, 2.24) is 0 Å². The highest BCUT2D eigenvalue weighted by Gasteiger charge is 2.35. The Hall–Kier alpha value is -0.930. The molecule has 0 aromatic heterocycles. The lowest BCUT2D eigenvalue weighted by atomic mass is 10.2. The topological polar surface area (TPSA) is 55.8 Å². The first-order chi connectivity index (χ1) is 9.33. The van der Waals surface area contributed by atoms with Gasteiger partial charge in [0.1, 0.15) is 0 Å². The molecule has 0 bridgehead atoms. The standard InChI is InChI=1S/C15H23O4P/c1-12(2)18-20(17,19-13(3)4)15(16)11-10-14-8-6-5-7-9-14/h5-13,15-16H,1-4H3/b11-10+/t15-/m0/s1. The number of rotatable bonds is 7. The average Bonchev–Trinajstić information content (AvgIpc) is 2.35. The minimum Gasteiger partial charge on any atom is -0.377 e. The van der Waals surface area contributed by atoms with Crippen LogP contribution in [-0.4, -0.2) is 23.2 Å². The summed E-state index contributed by atoms with van der Waals surface area (Å²) in [6.07, 6.45) is 2.56. The van der Waals surface area contributed by atoms with Crippen LogP contribution in [-0.2, 0) is 13.6 Å². The van der Waals surface area contributed by atoms with Crippen molar-refractivity contribution in [3.05, 3.63) is 42.0 Å². The van der Waals surface area contributed by atoms with Crippen LogP contribution in [0.1, 0.15) is 33.3 Å². The molecule has 1 atom stereocenters. The quantitative estimate of drug-likeness (QED) is 0.771. The van der Waals surface area contributed by atoms with E-state index >= 15 is 0 Å². The zero-order valence-electron chi connectivity index (χ0n) is 12.4. The van der Waals surface area contributed by atoms with Crippen LogP contribution < -0.4 is 0 Å². The molecule has 0 spiro atoms. The van der Waals surface area contributed by atoms with Gasteiger partial charge >= 0.3 is 7.60 Å². The van der Waals surface area contributed by atoms with Crippen LogP contribution >= 0.6 is 7.60 Å². The van der Waals surface area contributed by atoms with Crippen LogP contribution in [0.3, 0.4) is 0 Å². The van der Waals surface area contributed by atoms with E-state index in [-0.39, 0.29) is 12.2 Å². The number of hydrogen-bond donors (Lipinski definition) is 1. The van der Waals surface area contributed by atoms with Gasteiger partial charge in [-0.15, -0.1) is 0 Å². The summed E-state index contributed by atoms with van der Waals surface area (Å²) < 4.78 is 23.3. The molecule has 0 unspecified atom stereocenters. The summed E-state index contributed by atoms with van der Waals surface area (Å²) in [5.74, 6) is -1.28. The van der Waals surface area contributed by atoms with E-state index in [1.807, 2.05) is 30.3 Å². The van der Waals surface area contributed by atoms with Gasteiger partial charge in [0.2, 0.25) is 0 Å². The van der Waals surface area contributed by atoms with E-state index in [1.54, 1.807) is 33.8 Å². The molecular formula is C15H23O4P. The maximum atomic E-state index is 12.6. The fourth-order valence-corrected chi connectivity index (χ4v) is 3.38. The third kappa shape index (κ3) is 5.59. The molecule has 1 aromatic carbocycles. The molecule has 0 radical (unpaired) electrons. The number of hydrogen-bond acceptors (Lipinski definition) is 4. The van der Waals surface area contributed by atoms with E-state index in [1.165, 1.54) is 6.08 Å². The van der Waals surface area contributed by atoms with Gasteiger partial charge in [-0.3, -0.25) is 4.57 Å². The minimum absolute atomic E-state index is 0.292. The van der Waals surface area contributed by atoms with Crippen molar-refractivity contribution in [1.29, 1.82) is 0 Å². The molecule has 112 valence electrons. The Morgan fingerprint density at radius 3 is 2.00 bits per heavy atom. The van der Waals surface area contributed by atoms with Gasteiger partial charge in [-0.1, -0.05) is 36.4 Å². The lowest BCUT2D eigenvalue weighted by molar-refractivity contribution is 0.113. The molecule has 0 aliphatic rings. The number of aliphatic hydroxyl groups excluding tert-OH is 1. The van der Waals surface area contributed by atoms with Crippen LogP contribution in [0.25, 0.3) is 6.08 Å². The molecule has 1 N–H and O–H groups in total. The molecule has 4 nitrogen and oxygen atoms in total. The SMILES string of the molecule is CC(C)OP(=O)(OC(C)C)[C@H](O)/C=C/c1ccccc1. The Labute approximate surface area is 121 Å². The molecule has 20 heavy (non-hydrogen) atoms. The van der Waals surface area contributed by atoms with Crippen molar-refractivity contribution in [2.24, 2.45) is 0 Å². The molecule has 0 saturated carbocycles. The van der Waals surface area contributed by atoms with E-state index in [0.29, 0.717) is 0 Å². The molecule has 0 aliphatic heterocycles.